The highest BCUT2D eigenvalue weighted by molar-refractivity contribution is 7.92. The van der Waals surface area contributed by atoms with Crippen LogP contribution in [0, 0.1) is 20.8 Å². The van der Waals surface area contributed by atoms with Gasteiger partial charge in [0, 0.05) is 0 Å². The summed E-state index contributed by atoms with van der Waals surface area (Å²) in [7, 11) is -3.70. The van der Waals surface area contributed by atoms with E-state index in [9.17, 15) is 13.2 Å². The van der Waals surface area contributed by atoms with Crippen LogP contribution in [0.4, 0.5) is 0 Å². The van der Waals surface area contributed by atoms with E-state index < -0.39 is 21.6 Å². The van der Waals surface area contributed by atoms with Gasteiger partial charge in [-0.15, -0.1) is 0 Å². The Morgan fingerprint density at radius 3 is 2.12 bits per heavy atom. The van der Waals surface area contributed by atoms with Crippen LogP contribution < -0.4 is 5.90 Å². The van der Waals surface area contributed by atoms with Gasteiger partial charge in [-0.2, -0.15) is 5.90 Å². The first kappa shape index (κ1) is 13.7. The second-order valence-corrected chi connectivity index (χ2v) is 5.90. The summed E-state index contributed by atoms with van der Waals surface area (Å²) in [5.41, 5.74) is 2.21. The maximum Gasteiger partial charge on any atom is 0.339 e. The second-order valence-electron chi connectivity index (χ2n) is 3.98. The van der Waals surface area contributed by atoms with Crippen molar-refractivity contribution in [2.24, 2.45) is 5.90 Å². The summed E-state index contributed by atoms with van der Waals surface area (Å²) in [4.78, 5) is 15.0. The van der Waals surface area contributed by atoms with E-state index >= 15 is 0 Å². The van der Waals surface area contributed by atoms with E-state index in [2.05, 4.69) is 10.7 Å². The van der Waals surface area contributed by atoms with Crippen molar-refractivity contribution in [3.8, 4) is 0 Å². The Morgan fingerprint density at radius 1 is 1.24 bits per heavy atom. The van der Waals surface area contributed by atoms with Gasteiger partial charge in [-0.1, -0.05) is 17.7 Å². The van der Waals surface area contributed by atoms with Gasteiger partial charge in [-0.05, 0) is 31.9 Å². The van der Waals surface area contributed by atoms with Gasteiger partial charge in [0.1, 0.15) is 0 Å². The van der Waals surface area contributed by atoms with Gasteiger partial charge < -0.3 is 4.84 Å². The standard InChI is InChI=1S/C11H15NO4S/c1-7-4-8(2)11(9(3)5-7)17(14,15)6-10(13)16-12/h4-5H,6,12H2,1-3H3. The van der Waals surface area contributed by atoms with E-state index in [0.29, 0.717) is 11.1 Å². The van der Waals surface area contributed by atoms with Crippen molar-refractivity contribution in [2.75, 3.05) is 5.75 Å². The lowest BCUT2D eigenvalue weighted by Gasteiger charge is -2.11. The number of hydrogen-bond donors (Lipinski definition) is 1. The van der Waals surface area contributed by atoms with Crippen molar-refractivity contribution < 1.29 is 18.0 Å². The number of hydrogen-bond acceptors (Lipinski definition) is 5. The fourth-order valence-corrected chi connectivity index (χ4v) is 3.54. The maximum atomic E-state index is 12.0. The molecule has 17 heavy (non-hydrogen) atoms. The fourth-order valence-electron chi connectivity index (χ4n) is 1.92. The predicted octanol–water partition coefficient (Wildman–Crippen LogP) is 0.802. The number of carbonyl (C=O) groups excluding carboxylic acids is 1. The van der Waals surface area contributed by atoms with Gasteiger partial charge in [0.2, 0.25) is 0 Å². The number of sulfone groups is 1. The Morgan fingerprint density at radius 2 is 1.71 bits per heavy atom. The molecule has 6 heteroatoms. The van der Waals surface area contributed by atoms with Crippen LogP contribution in [0.3, 0.4) is 0 Å². The molecule has 0 aromatic heterocycles. The molecule has 0 aliphatic carbocycles. The zero-order chi connectivity index (χ0) is 13.2. The van der Waals surface area contributed by atoms with E-state index in [1.165, 1.54) is 0 Å². The van der Waals surface area contributed by atoms with Crippen LogP contribution >= 0.6 is 0 Å². The van der Waals surface area contributed by atoms with Gasteiger partial charge in [0.15, 0.2) is 15.6 Å². The first-order chi connectivity index (χ1) is 7.77. The molecular formula is C11H15NO4S. The molecule has 0 radical (unpaired) electrons. The van der Waals surface area contributed by atoms with Gasteiger partial charge in [0.25, 0.3) is 0 Å². The van der Waals surface area contributed by atoms with E-state index in [1.54, 1.807) is 26.0 Å². The van der Waals surface area contributed by atoms with Gasteiger partial charge in [-0.3, -0.25) is 0 Å². The largest absolute Gasteiger partial charge is 0.373 e. The smallest absolute Gasteiger partial charge is 0.339 e. The van der Waals surface area contributed by atoms with Crippen molar-refractivity contribution in [3.05, 3.63) is 28.8 Å². The molecule has 0 bridgehead atoms. The quantitative estimate of drug-likeness (QED) is 0.809. The Balaban J connectivity index is 3.29. The van der Waals surface area contributed by atoms with Crippen molar-refractivity contribution in [3.63, 3.8) is 0 Å². The molecule has 0 atom stereocenters. The zero-order valence-electron chi connectivity index (χ0n) is 9.98. The fraction of sp³-hybridized carbons (Fsp3) is 0.364. The van der Waals surface area contributed by atoms with Crippen LogP contribution in [0.1, 0.15) is 16.7 Å². The molecule has 1 rings (SSSR count). The highest BCUT2D eigenvalue weighted by Crippen LogP contribution is 2.22. The summed E-state index contributed by atoms with van der Waals surface area (Å²) in [6.45, 7) is 5.27. The Bertz CT molecular complexity index is 526. The van der Waals surface area contributed by atoms with Crippen molar-refractivity contribution >= 4 is 15.8 Å². The minimum atomic E-state index is -3.70. The molecule has 0 spiro atoms. The first-order valence-corrected chi connectivity index (χ1v) is 6.63. The zero-order valence-corrected chi connectivity index (χ0v) is 10.8. The third kappa shape index (κ3) is 3.04. The predicted molar refractivity (Wildman–Crippen MR) is 63.0 cm³/mol. The molecular weight excluding hydrogens is 242 g/mol. The highest BCUT2D eigenvalue weighted by atomic mass is 32.2. The van der Waals surface area contributed by atoms with Crippen LogP contribution in [-0.2, 0) is 19.5 Å². The molecule has 0 amide bonds. The molecule has 0 fully saturated rings. The lowest BCUT2D eigenvalue weighted by molar-refractivity contribution is -0.141. The molecule has 0 aliphatic heterocycles. The molecule has 2 N–H and O–H groups in total. The number of benzene rings is 1. The molecule has 0 unspecified atom stereocenters. The van der Waals surface area contributed by atoms with Gasteiger partial charge in [0.05, 0.1) is 4.90 Å². The lowest BCUT2D eigenvalue weighted by Crippen LogP contribution is -2.22. The number of nitrogens with two attached hydrogens (primary N) is 1. The normalized spacial score (nSPS) is 11.3. The number of carbonyl (C=O) groups is 1. The van der Waals surface area contributed by atoms with Crippen LogP contribution in [-0.4, -0.2) is 20.1 Å². The molecule has 0 saturated carbocycles. The van der Waals surface area contributed by atoms with Crippen LogP contribution in [0.5, 0.6) is 0 Å². The van der Waals surface area contributed by atoms with Gasteiger partial charge in [-0.25, -0.2) is 13.2 Å². The van der Waals surface area contributed by atoms with Crippen LogP contribution in [0.25, 0.3) is 0 Å². The third-order valence-electron chi connectivity index (χ3n) is 2.35. The summed E-state index contributed by atoms with van der Waals surface area (Å²) in [6.07, 6.45) is 0. The Hall–Kier alpha value is -1.40. The first-order valence-electron chi connectivity index (χ1n) is 4.98. The topological polar surface area (TPSA) is 86.5 Å². The summed E-state index contributed by atoms with van der Waals surface area (Å²) in [5.74, 6) is 2.93. The van der Waals surface area contributed by atoms with Crippen molar-refractivity contribution in [1.82, 2.24) is 0 Å². The molecule has 0 saturated heterocycles. The van der Waals surface area contributed by atoms with Crippen molar-refractivity contribution in [1.29, 1.82) is 0 Å². The second kappa shape index (κ2) is 4.85. The third-order valence-corrected chi connectivity index (χ3v) is 4.24. The van der Waals surface area contributed by atoms with Gasteiger partial charge >= 0.3 is 5.97 Å². The SMILES string of the molecule is Cc1cc(C)c(S(=O)(=O)CC(=O)ON)c(C)c1. The van der Waals surface area contributed by atoms with Crippen LogP contribution in [0.15, 0.2) is 17.0 Å². The molecule has 0 aliphatic rings. The van der Waals surface area contributed by atoms with E-state index in [-0.39, 0.29) is 4.90 Å². The van der Waals surface area contributed by atoms with Crippen LogP contribution in [0.2, 0.25) is 0 Å². The van der Waals surface area contributed by atoms with E-state index in [4.69, 9.17) is 0 Å². The molecule has 0 heterocycles. The monoisotopic (exact) mass is 257 g/mol. The Kier molecular flexibility index (Phi) is 3.90. The Labute approximate surface area is 100 Å². The molecule has 94 valence electrons. The maximum absolute atomic E-state index is 12.0. The number of aryl methyl sites for hydroxylation is 3. The lowest BCUT2D eigenvalue weighted by atomic mass is 10.1. The average molecular weight is 257 g/mol. The number of rotatable bonds is 3. The minimum absolute atomic E-state index is 0.175. The summed E-state index contributed by atoms with van der Waals surface area (Å²) < 4.78 is 24.0. The summed E-state index contributed by atoms with van der Waals surface area (Å²) in [6, 6.07) is 3.52. The molecule has 1 aromatic carbocycles. The van der Waals surface area contributed by atoms with Crippen molar-refractivity contribution in [2.45, 2.75) is 25.7 Å². The highest BCUT2D eigenvalue weighted by Gasteiger charge is 2.24. The average Bonchev–Trinajstić information content (AvgIpc) is 2.14. The molecule has 5 nitrogen and oxygen atoms in total. The summed E-state index contributed by atoms with van der Waals surface area (Å²) in [5, 5.41) is 0. The van der Waals surface area contributed by atoms with E-state index in [0.717, 1.165) is 5.56 Å². The minimum Gasteiger partial charge on any atom is -0.373 e. The molecule has 1 aromatic rings. The van der Waals surface area contributed by atoms with E-state index in [1.807, 2.05) is 6.92 Å². The summed E-state index contributed by atoms with van der Waals surface area (Å²) >= 11 is 0.